The molecule has 4 aromatic rings. The third-order valence-corrected chi connectivity index (χ3v) is 6.20. The van der Waals surface area contributed by atoms with E-state index in [1.54, 1.807) is 4.90 Å². The summed E-state index contributed by atoms with van der Waals surface area (Å²) in [5.74, 6) is 0.492. The number of carbonyl (C=O) groups excluding carboxylic acids is 1. The summed E-state index contributed by atoms with van der Waals surface area (Å²) in [7, 11) is 0. The zero-order valence-electron chi connectivity index (χ0n) is 19.8. The number of pyridine rings is 1. The van der Waals surface area contributed by atoms with Gasteiger partial charge in [0.05, 0.1) is 29.6 Å². The van der Waals surface area contributed by atoms with Gasteiger partial charge in [-0.05, 0) is 55.3 Å². The molecule has 172 valence electrons. The van der Waals surface area contributed by atoms with Gasteiger partial charge in [-0.15, -0.1) is 0 Å². The van der Waals surface area contributed by atoms with Crippen molar-refractivity contribution in [2.45, 2.75) is 20.3 Å². The summed E-state index contributed by atoms with van der Waals surface area (Å²) < 4.78 is 5.65. The Labute approximate surface area is 205 Å². The highest BCUT2D eigenvalue weighted by Gasteiger charge is 2.26. The van der Waals surface area contributed by atoms with Crippen molar-refractivity contribution in [3.63, 3.8) is 0 Å². The van der Waals surface area contributed by atoms with Gasteiger partial charge in [0, 0.05) is 17.7 Å². The molecule has 35 heavy (non-hydrogen) atoms. The molecule has 0 fully saturated rings. The molecule has 1 aliphatic heterocycles. The fraction of sp³-hybridized carbons (Fsp3) is 0.167. The Morgan fingerprint density at radius 1 is 0.829 bits per heavy atom. The third-order valence-electron chi connectivity index (χ3n) is 6.20. The van der Waals surface area contributed by atoms with E-state index in [0.717, 1.165) is 33.6 Å². The van der Waals surface area contributed by atoms with Crippen molar-refractivity contribution in [1.82, 2.24) is 4.98 Å². The molecule has 5 rings (SSSR count). The number of hydrogen-bond acceptors (Lipinski definition) is 4. The number of amides is 1. The van der Waals surface area contributed by atoms with Gasteiger partial charge in [-0.25, -0.2) is 4.98 Å². The molecule has 0 radical (unpaired) electrons. The molecule has 3 aromatic carbocycles. The molecule has 0 aliphatic carbocycles. The van der Waals surface area contributed by atoms with Crippen molar-refractivity contribution >= 4 is 11.6 Å². The maximum atomic E-state index is 12.5. The number of rotatable bonds is 5. The van der Waals surface area contributed by atoms with Gasteiger partial charge < -0.3 is 9.64 Å². The predicted octanol–water partition coefficient (Wildman–Crippen LogP) is 6.34. The monoisotopic (exact) mass is 459 g/mol. The number of carbonyl (C=O) groups is 1. The number of nitriles is 1. The highest BCUT2D eigenvalue weighted by atomic mass is 16.5. The van der Waals surface area contributed by atoms with Gasteiger partial charge in [-0.3, -0.25) is 4.79 Å². The smallest absolute Gasteiger partial charge is 0.265 e. The average Bonchev–Trinajstić information content (AvgIpc) is 2.88. The van der Waals surface area contributed by atoms with Gasteiger partial charge in [-0.1, -0.05) is 59.7 Å². The molecule has 5 heteroatoms. The van der Waals surface area contributed by atoms with Crippen molar-refractivity contribution in [3.05, 3.63) is 90.0 Å². The topological polar surface area (TPSA) is 66.2 Å². The minimum atomic E-state index is -0.147. The summed E-state index contributed by atoms with van der Waals surface area (Å²) in [5.41, 5.74) is 8.86. The number of benzene rings is 3. The Balaban J connectivity index is 1.64. The van der Waals surface area contributed by atoms with Crippen LogP contribution in [0, 0.1) is 25.2 Å². The molecule has 2 heterocycles. The van der Waals surface area contributed by atoms with Crippen LogP contribution in [0.4, 0.5) is 5.69 Å². The third kappa shape index (κ3) is 4.64. The molecule has 0 bridgehead atoms. The second-order valence-corrected chi connectivity index (χ2v) is 8.78. The van der Waals surface area contributed by atoms with Gasteiger partial charge in [0.25, 0.3) is 5.91 Å². The number of fused-ring (bicyclic) bond motifs is 1. The Morgan fingerprint density at radius 2 is 1.43 bits per heavy atom. The van der Waals surface area contributed by atoms with E-state index >= 15 is 0 Å². The molecule has 0 spiro atoms. The quantitative estimate of drug-likeness (QED) is 0.349. The minimum absolute atomic E-state index is 0.0174. The number of aryl methyl sites for hydroxylation is 2. The van der Waals surface area contributed by atoms with Crippen molar-refractivity contribution in [2.75, 3.05) is 18.1 Å². The van der Waals surface area contributed by atoms with E-state index in [1.807, 2.05) is 18.2 Å². The summed E-state index contributed by atoms with van der Waals surface area (Å²) in [5, 5.41) is 9.05. The van der Waals surface area contributed by atoms with Gasteiger partial charge in [0.1, 0.15) is 5.75 Å². The second-order valence-electron chi connectivity index (χ2n) is 8.78. The van der Waals surface area contributed by atoms with Crippen molar-refractivity contribution in [1.29, 1.82) is 5.26 Å². The highest BCUT2D eigenvalue weighted by molar-refractivity contribution is 5.98. The lowest BCUT2D eigenvalue weighted by molar-refractivity contribution is -0.121. The Kier molecular flexibility index (Phi) is 6.03. The zero-order chi connectivity index (χ0) is 24.4. The van der Waals surface area contributed by atoms with Crippen molar-refractivity contribution in [2.24, 2.45) is 0 Å². The molecule has 0 N–H and O–H groups in total. The van der Waals surface area contributed by atoms with Gasteiger partial charge >= 0.3 is 0 Å². The first-order valence-electron chi connectivity index (χ1n) is 11.6. The summed E-state index contributed by atoms with van der Waals surface area (Å²) in [6.45, 7) is 4.46. The van der Waals surface area contributed by atoms with Crippen LogP contribution in [0.1, 0.15) is 17.5 Å². The van der Waals surface area contributed by atoms with Crippen LogP contribution in [0.2, 0.25) is 0 Å². The zero-order valence-corrected chi connectivity index (χ0v) is 19.8. The van der Waals surface area contributed by atoms with Crippen LogP contribution in [-0.2, 0) is 4.79 Å². The molecular weight excluding hydrogens is 434 g/mol. The van der Waals surface area contributed by atoms with Crippen molar-refractivity contribution in [3.8, 4) is 45.5 Å². The first-order valence-corrected chi connectivity index (χ1v) is 11.6. The average molecular weight is 460 g/mol. The lowest BCUT2D eigenvalue weighted by atomic mass is 9.98. The van der Waals surface area contributed by atoms with E-state index in [2.05, 4.69) is 80.6 Å². The molecule has 0 unspecified atom stereocenters. The molecule has 0 atom stereocenters. The Morgan fingerprint density at radius 3 is 2.09 bits per heavy atom. The lowest BCUT2D eigenvalue weighted by Gasteiger charge is -2.29. The molecule has 0 saturated carbocycles. The SMILES string of the molecule is Cc1ccc(-c2cc(-c3ccc(C)cc3)nc(-c3ccc4c(c3)N(CCC#N)C(=O)CO4)c2)cc1. The van der Waals surface area contributed by atoms with E-state index in [-0.39, 0.29) is 18.9 Å². The second kappa shape index (κ2) is 9.44. The van der Waals surface area contributed by atoms with E-state index in [9.17, 15) is 4.79 Å². The van der Waals surface area contributed by atoms with Crippen molar-refractivity contribution < 1.29 is 9.53 Å². The fourth-order valence-electron chi connectivity index (χ4n) is 4.23. The highest BCUT2D eigenvalue weighted by Crippen LogP contribution is 2.37. The number of anilines is 1. The van der Waals surface area contributed by atoms with Crippen LogP contribution in [0.5, 0.6) is 5.75 Å². The van der Waals surface area contributed by atoms with Crippen LogP contribution in [0.15, 0.2) is 78.9 Å². The largest absolute Gasteiger partial charge is 0.482 e. The minimum Gasteiger partial charge on any atom is -0.482 e. The number of hydrogen-bond donors (Lipinski definition) is 0. The van der Waals surface area contributed by atoms with Gasteiger partial charge in [-0.2, -0.15) is 5.26 Å². The predicted molar refractivity (Wildman–Crippen MR) is 138 cm³/mol. The first-order chi connectivity index (χ1) is 17.0. The number of ether oxygens (including phenoxy) is 1. The van der Waals surface area contributed by atoms with Crippen LogP contribution < -0.4 is 9.64 Å². The van der Waals surface area contributed by atoms with E-state index in [0.29, 0.717) is 18.0 Å². The lowest BCUT2D eigenvalue weighted by Crippen LogP contribution is -2.39. The maximum Gasteiger partial charge on any atom is 0.265 e. The fourth-order valence-corrected chi connectivity index (χ4v) is 4.23. The summed E-state index contributed by atoms with van der Waals surface area (Å²) >= 11 is 0. The van der Waals surface area contributed by atoms with Gasteiger partial charge in [0.15, 0.2) is 6.61 Å². The molecule has 0 saturated heterocycles. The van der Waals surface area contributed by atoms with Crippen LogP contribution in [0.25, 0.3) is 33.6 Å². The molecule has 1 aromatic heterocycles. The maximum absolute atomic E-state index is 12.5. The van der Waals surface area contributed by atoms with Gasteiger partial charge in [0.2, 0.25) is 0 Å². The standard InChI is InChI=1S/C30H25N3O2/c1-20-4-8-22(9-5-20)25-16-26(23-10-6-21(2)7-11-23)32-27(17-25)24-12-13-29-28(18-24)33(15-3-14-31)30(34)19-35-29/h4-13,16-18H,3,15,19H2,1-2H3. The Hall–Kier alpha value is -4.43. The Bertz CT molecular complexity index is 1370. The van der Waals surface area contributed by atoms with Crippen LogP contribution in [-0.4, -0.2) is 24.0 Å². The molecule has 5 nitrogen and oxygen atoms in total. The number of nitrogens with zero attached hydrogens (tertiary/aromatic N) is 3. The van der Waals surface area contributed by atoms with E-state index in [1.165, 1.54) is 11.1 Å². The first kappa shape index (κ1) is 22.4. The van der Waals surface area contributed by atoms with E-state index in [4.69, 9.17) is 15.0 Å². The summed E-state index contributed by atoms with van der Waals surface area (Å²) in [6, 6.07) is 28.9. The summed E-state index contributed by atoms with van der Waals surface area (Å²) in [4.78, 5) is 19.2. The van der Waals surface area contributed by atoms with Crippen LogP contribution in [0.3, 0.4) is 0 Å². The number of aromatic nitrogens is 1. The van der Waals surface area contributed by atoms with E-state index < -0.39 is 0 Å². The molecular formula is C30H25N3O2. The molecule has 1 amide bonds. The van der Waals surface area contributed by atoms with Crippen LogP contribution >= 0.6 is 0 Å². The normalized spacial score (nSPS) is 12.6. The summed E-state index contributed by atoms with van der Waals surface area (Å²) in [6.07, 6.45) is 0.258. The molecule has 1 aliphatic rings.